The van der Waals surface area contributed by atoms with Crippen molar-refractivity contribution < 1.29 is 34.1 Å². The number of hydrogen-bond donors (Lipinski definition) is 4. The first-order valence-electron chi connectivity index (χ1n) is 26.2. The molecule has 0 aliphatic carbocycles. The predicted octanol–water partition coefficient (Wildman–Crippen LogP) is 13.9. The summed E-state index contributed by atoms with van der Waals surface area (Å²) in [6.45, 7) is 3.48. The van der Waals surface area contributed by atoms with Gasteiger partial charge in [-0.3, -0.25) is 14.4 Å². The summed E-state index contributed by atoms with van der Waals surface area (Å²) >= 11 is 0. The Morgan fingerprint density at radius 1 is 0.484 bits per heavy atom. The van der Waals surface area contributed by atoms with Gasteiger partial charge < -0.3 is 25.6 Å². The van der Waals surface area contributed by atoms with Crippen LogP contribution in [-0.4, -0.2) is 59.3 Å². The van der Waals surface area contributed by atoms with E-state index in [1.807, 2.05) is 0 Å². The van der Waals surface area contributed by atoms with E-state index >= 15 is 0 Å². The number of carboxylic acids is 1. The fourth-order valence-electron chi connectivity index (χ4n) is 7.93. The molecular formula is C53H98N2O7. The van der Waals surface area contributed by atoms with Gasteiger partial charge in [-0.25, -0.2) is 4.79 Å². The molecule has 9 nitrogen and oxygen atoms in total. The second-order valence-corrected chi connectivity index (χ2v) is 18.0. The molecule has 362 valence electrons. The van der Waals surface area contributed by atoms with Crippen LogP contribution < -0.4 is 10.6 Å². The van der Waals surface area contributed by atoms with Crippen molar-refractivity contribution in [3.8, 4) is 0 Å². The first-order chi connectivity index (χ1) is 30.3. The number of unbranched alkanes of at least 4 members (excludes halogenated alkanes) is 30. The predicted molar refractivity (Wildman–Crippen MR) is 259 cm³/mol. The van der Waals surface area contributed by atoms with Gasteiger partial charge in [0.05, 0.1) is 13.2 Å². The molecule has 4 N–H and O–H groups in total. The zero-order valence-electron chi connectivity index (χ0n) is 40.4. The summed E-state index contributed by atoms with van der Waals surface area (Å²) in [5, 5.41) is 22.6. The van der Waals surface area contributed by atoms with Gasteiger partial charge in [0.15, 0.2) is 0 Å². The van der Waals surface area contributed by atoms with Crippen LogP contribution >= 0.6 is 0 Å². The van der Waals surface area contributed by atoms with Crippen molar-refractivity contribution in [3.05, 3.63) is 24.3 Å². The molecule has 0 aromatic carbocycles. The second-order valence-electron chi connectivity index (χ2n) is 18.0. The number of carbonyl (C=O) groups excluding carboxylic acids is 3. The van der Waals surface area contributed by atoms with Gasteiger partial charge in [0.2, 0.25) is 11.8 Å². The van der Waals surface area contributed by atoms with E-state index in [0.29, 0.717) is 12.8 Å². The van der Waals surface area contributed by atoms with Crippen LogP contribution in [0.15, 0.2) is 24.3 Å². The van der Waals surface area contributed by atoms with Gasteiger partial charge in [-0.15, -0.1) is 0 Å². The minimum atomic E-state index is -1.38. The Balaban J connectivity index is 4.15. The van der Waals surface area contributed by atoms with Gasteiger partial charge in [0.1, 0.15) is 12.1 Å². The van der Waals surface area contributed by atoms with Gasteiger partial charge in [0.25, 0.3) is 0 Å². The molecule has 0 saturated heterocycles. The number of aliphatic hydroxyl groups is 1. The summed E-state index contributed by atoms with van der Waals surface area (Å²) in [6, 6.07) is -1.38. The molecule has 2 atom stereocenters. The molecule has 2 unspecified atom stereocenters. The third-order valence-corrected chi connectivity index (χ3v) is 12.0. The SMILES string of the molecule is CCCCC/C=C\C/C=C\CCCC(CCCCCCCC(=O)NCC(=O)NC(CO)C(=O)O)OC(=O)CCCCCCCCCCCCCCCCCCCCCCCCC. The fraction of sp³-hybridized carbons (Fsp3) is 0.849. The maximum Gasteiger partial charge on any atom is 0.328 e. The number of carbonyl (C=O) groups is 4. The molecule has 2 amide bonds. The number of aliphatic hydroxyl groups excluding tert-OH is 1. The zero-order chi connectivity index (χ0) is 45.4. The van der Waals surface area contributed by atoms with Crippen LogP contribution in [0.1, 0.15) is 264 Å². The molecule has 62 heavy (non-hydrogen) atoms. The lowest BCUT2D eigenvalue weighted by Gasteiger charge is -2.18. The third-order valence-electron chi connectivity index (χ3n) is 12.0. The smallest absolute Gasteiger partial charge is 0.328 e. The Morgan fingerprint density at radius 3 is 1.35 bits per heavy atom. The first kappa shape index (κ1) is 59.3. The van der Waals surface area contributed by atoms with Crippen LogP contribution in [0, 0.1) is 0 Å². The summed E-state index contributed by atoms with van der Waals surface area (Å²) in [4.78, 5) is 47.7. The summed E-state index contributed by atoms with van der Waals surface area (Å²) in [5.41, 5.74) is 0. The van der Waals surface area contributed by atoms with Crippen molar-refractivity contribution in [3.63, 3.8) is 0 Å². The molecule has 0 aliphatic rings. The van der Waals surface area contributed by atoms with Crippen molar-refractivity contribution in [2.45, 2.75) is 276 Å². The number of amides is 2. The van der Waals surface area contributed by atoms with Crippen molar-refractivity contribution in [1.29, 1.82) is 0 Å². The van der Waals surface area contributed by atoms with E-state index in [0.717, 1.165) is 77.0 Å². The van der Waals surface area contributed by atoms with Crippen molar-refractivity contribution >= 4 is 23.8 Å². The van der Waals surface area contributed by atoms with Gasteiger partial charge in [-0.05, 0) is 64.2 Å². The highest BCUT2D eigenvalue weighted by Crippen LogP contribution is 2.19. The quantitative estimate of drug-likeness (QED) is 0.0271. The summed E-state index contributed by atoms with van der Waals surface area (Å²) in [5.74, 6) is -2.31. The molecule has 0 saturated carbocycles. The van der Waals surface area contributed by atoms with E-state index in [9.17, 15) is 19.2 Å². The number of allylic oxidation sites excluding steroid dienone is 4. The van der Waals surface area contributed by atoms with E-state index in [1.54, 1.807) is 0 Å². The van der Waals surface area contributed by atoms with E-state index < -0.39 is 24.5 Å². The first-order valence-corrected chi connectivity index (χ1v) is 26.2. The number of esters is 1. The standard InChI is InChI=1S/C53H98N2O7/c1-3-5-7-9-11-13-15-16-17-18-19-20-21-22-23-24-25-26-28-30-32-37-41-45-52(59)62-48(42-38-34-31-29-27-14-12-10-8-6-4-2)43-39-35-33-36-40-44-50(57)54-46-51(58)55-49(47-56)53(60)61/h12,14,29,31,48-49,56H,3-11,13,15-28,30,32-47H2,1-2H3,(H,54,57)(H,55,58)(H,60,61)/b14-12-,31-29-. The van der Waals surface area contributed by atoms with Gasteiger partial charge in [-0.1, -0.05) is 212 Å². The van der Waals surface area contributed by atoms with E-state index in [1.165, 1.54) is 154 Å². The van der Waals surface area contributed by atoms with Crippen LogP contribution in [0.3, 0.4) is 0 Å². The zero-order valence-corrected chi connectivity index (χ0v) is 40.4. The fourth-order valence-corrected chi connectivity index (χ4v) is 7.93. The maximum atomic E-state index is 12.9. The normalized spacial score (nSPS) is 12.6. The molecule has 0 bridgehead atoms. The minimum absolute atomic E-state index is 0.0534. The highest BCUT2D eigenvalue weighted by Gasteiger charge is 2.19. The Labute approximate surface area is 381 Å². The van der Waals surface area contributed by atoms with Crippen molar-refractivity contribution in [1.82, 2.24) is 10.6 Å². The average molecular weight is 875 g/mol. The number of rotatable bonds is 48. The van der Waals surface area contributed by atoms with Gasteiger partial charge >= 0.3 is 11.9 Å². The summed E-state index contributed by atoms with van der Waals surface area (Å²) in [6.07, 6.45) is 55.2. The topological polar surface area (TPSA) is 142 Å². The molecule has 9 heteroatoms. The Morgan fingerprint density at radius 2 is 0.887 bits per heavy atom. The lowest BCUT2D eigenvalue weighted by atomic mass is 10.0. The third kappa shape index (κ3) is 43.9. The number of aliphatic carboxylic acids is 1. The lowest BCUT2D eigenvalue weighted by Crippen LogP contribution is -2.47. The molecule has 0 fully saturated rings. The number of nitrogens with one attached hydrogen (secondary N) is 2. The molecule has 0 spiro atoms. The Bertz CT molecular complexity index is 1090. The van der Waals surface area contributed by atoms with Crippen LogP contribution in [0.25, 0.3) is 0 Å². The number of hydrogen-bond acceptors (Lipinski definition) is 6. The highest BCUT2D eigenvalue weighted by molar-refractivity contribution is 5.87. The van der Waals surface area contributed by atoms with E-state index in [4.69, 9.17) is 14.9 Å². The minimum Gasteiger partial charge on any atom is -0.480 e. The molecule has 0 aliphatic heterocycles. The number of carboxylic acid groups (broad SMARTS) is 1. The Kier molecular flexibility index (Phi) is 45.7. The van der Waals surface area contributed by atoms with Crippen LogP contribution in [0.5, 0.6) is 0 Å². The number of ether oxygens (including phenoxy) is 1. The van der Waals surface area contributed by atoms with Gasteiger partial charge in [0, 0.05) is 12.8 Å². The second kappa shape index (κ2) is 47.8. The molecule has 0 rings (SSSR count). The molecule has 0 radical (unpaired) electrons. The monoisotopic (exact) mass is 875 g/mol. The van der Waals surface area contributed by atoms with Crippen LogP contribution in [0.4, 0.5) is 0 Å². The van der Waals surface area contributed by atoms with E-state index in [2.05, 4.69) is 48.8 Å². The highest BCUT2D eigenvalue weighted by atomic mass is 16.5. The molecule has 0 heterocycles. The molecule has 0 aromatic heterocycles. The average Bonchev–Trinajstić information content (AvgIpc) is 3.26. The summed E-state index contributed by atoms with van der Waals surface area (Å²) < 4.78 is 6.04. The lowest BCUT2D eigenvalue weighted by molar-refractivity contribution is -0.150. The largest absolute Gasteiger partial charge is 0.480 e. The van der Waals surface area contributed by atoms with Crippen molar-refractivity contribution in [2.75, 3.05) is 13.2 Å². The van der Waals surface area contributed by atoms with Gasteiger partial charge in [-0.2, -0.15) is 0 Å². The van der Waals surface area contributed by atoms with E-state index in [-0.39, 0.29) is 30.9 Å². The van der Waals surface area contributed by atoms with Crippen LogP contribution in [-0.2, 0) is 23.9 Å². The maximum absolute atomic E-state index is 12.9. The van der Waals surface area contributed by atoms with Crippen molar-refractivity contribution in [2.24, 2.45) is 0 Å². The molecular weight excluding hydrogens is 777 g/mol. The Hall–Kier alpha value is -2.68. The molecule has 0 aromatic rings. The summed E-state index contributed by atoms with van der Waals surface area (Å²) in [7, 11) is 0. The van der Waals surface area contributed by atoms with Crippen LogP contribution in [0.2, 0.25) is 0 Å².